The van der Waals surface area contributed by atoms with Crippen molar-refractivity contribution in [3.8, 4) is 0 Å². The monoisotopic (exact) mass is 458 g/mol. The molecule has 2 saturated heterocycles. The van der Waals surface area contributed by atoms with E-state index in [9.17, 15) is 13.2 Å². The summed E-state index contributed by atoms with van der Waals surface area (Å²) in [6.45, 7) is 6.34. The zero-order valence-electron chi connectivity index (χ0n) is 16.6. The summed E-state index contributed by atoms with van der Waals surface area (Å²) < 4.78 is 22.8. The highest BCUT2D eigenvalue weighted by molar-refractivity contribution is 7.89. The van der Waals surface area contributed by atoms with Crippen LogP contribution in [-0.4, -0.2) is 68.1 Å². The van der Waals surface area contributed by atoms with Crippen molar-refractivity contribution in [1.82, 2.24) is 19.5 Å². The molecule has 7 nitrogen and oxygen atoms in total. The number of likely N-dealkylation sites (N-methyl/N-ethyl adjacent to an activating group) is 1. The zero-order valence-corrected chi connectivity index (χ0v) is 17.4. The molecule has 2 aliphatic heterocycles. The molecule has 1 N–H and O–H groups in total. The molecule has 2 fully saturated rings. The third kappa shape index (κ3) is 12.3. The van der Waals surface area contributed by atoms with E-state index in [0.717, 1.165) is 25.0 Å². The number of nitrogens with one attached hydrogen (secondary N) is 1. The summed E-state index contributed by atoms with van der Waals surface area (Å²) in [4.78, 5) is 16.2. The second-order valence-corrected chi connectivity index (χ2v) is 8.04. The molecule has 0 spiro atoms. The Morgan fingerprint density at radius 3 is 1.87 bits per heavy atom. The van der Waals surface area contributed by atoms with E-state index in [4.69, 9.17) is 0 Å². The van der Waals surface area contributed by atoms with Gasteiger partial charge in [0, 0.05) is 45.3 Å². The molecule has 0 atom stereocenters. The number of hydrogen-bond acceptors (Lipinski definition) is 4. The van der Waals surface area contributed by atoms with Gasteiger partial charge in [-0.15, -0.1) is 0 Å². The van der Waals surface area contributed by atoms with E-state index >= 15 is 0 Å². The molecule has 1 aromatic heterocycles. The Labute approximate surface area is 191 Å². The molecule has 2 amide bonds. The van der Waals surface area contributed by atoms with Crippen LogP contribution in [0.5, 0.6) is 0 Å². The first-order chi connectivity index (χ1) is 12.9. The topological polar surface area (TPSA) is 82.6 Å². The van der Waals surface area contributed by atoms with Gasteiger partial charge in [0.25, 0.3) is 0 Å². The van der Waals surface area contributed by atoms with Gasteiger partial charge in [-0.1, -0.05) is 67.8 Å². The minimum Gasteiger partial charge on any atom is -0.336 e. The Morgan fingerprint density at radius 1 is 0.935 bits per heavy atom. The number of aromatic nitrogens is 1. The first-order valence-electron chi connectivity index (χ1n) is 9.13. The average Bonchev–Trinajstić information content (AvgIpc) is 3.21. The van der Waals surface area contributed by atoms with Crippen molar-refractivity contribution >= 4 is 27.0 Å². The number of para-hydroxylation sites is 1. The average molecular weight is 459 g/mol. The summed E-state index contributed by atoms with van der Waals surface area (Å²) in [7, 11) is 0.602. The van der Waals surface area contributed by atoms with Gasteiger partial charge in [0.05, 0.1) is 11.3 Å². The fourth-order valence-corrected chi connectivity index (χ4v) is 3.56. The van der Waals surface area contributed by atoms with Crippen LogP contribution in [0.25, 0.3) is 10.9 Å². The summed E-state index contributed by atoms with van der Waals surface area (Å²) in [6.07, 6.45) is 2.60. The van der Waals surface area contributed by atoms with Gasteiger partial charge in [0.1, 0.15) is 0 Å². The SMILES string of the molecule is C.C.C.C.CC.CN1CCCS1(=O)=O.CN1CCNC1=O.c1ccc2ncccc2c1. The van der Waals surface area contributed by atoms with E-state index in [0.29, 0.717) is 12.3 Å². The minimum atomic E-state index is -2.79. The van der Waals surface area contributed by atoms with Crippen molar-refractivity contribution in [2.75, 3.05) is 39.5 Å². The van der Waals surface area contributed by atoms with E-state index in [1.165, 1.54) is 9.69 Å². The quantitative estimate of drug-likeness (QED) is 0.595. The summed E-state index contributed by atoms with van der Waals surface area (Å²) in [6, 6.07) is 12.1. The lowest BCUT2D eigenvalue weighted by molar-refractivity contribution is 0.226. The van der Waals surface area contributed by atoms with Gasteiger partial charge in [-0.2, -0.15) is 0 Å². The Bertz CT molecular complexity index is 748. The predicted octanol–water partition coefficient (Wildman–Crippen LogP) is 5.10. The van der Waals surface area contributed by atoms with Crippen LogP contribution in [0.2, 0.25) is 0 Å². The lowest BCUT2D eigenvalue weighted by atomic mass is 10.2. The summed E-state index contributed by atoms with van der Waals surface area (Å²) >= 11 is 0. The third-order valence-corrected chi connectivity index (χ3v) is 5.87. The highest BCUT2D eigenvalue weighted by atomic mass is 32.2. The van der Waals surface area contributed by atoms with Crippen molar-refractivity contribution in [3.05, 3.63) is 42.6 Å². The number of fused-ring (bicyclic) bond motifs is 1. The fourth-order valence-electron chi connectivity index (χ4n) is 2.35. The van der Waals surface area contributed by atoms with Gasteiger partial charge in [0.2, 0.25) is 10.0 Å². The Hall–Kier alpha value is -2.19. The lowest BCUT2D eigenvalue weighted by Crippen LogP contribution is -2.23. The number of nitrogens with zero attached hydrogens (tertiary/aromatic N) is 3. The Morgan fingerprint density at radius 2 is 1.52 bits per heavy atom. The van der Waals surface area contributed by atoms with Crippen LogP contribution in [-0.2, 0) is 10.0 Å². The van der Waals surface area contributed by atoms with E-state index in [-0.39, 0.29) is 35.7 Å². The smallest absolute Gasteiger partial charge is 0.317 e. The lowest BCUT2D eigenvalue weighted by Gasteiger charge is -2.02. The highest BCUT2D eigenvalue weighted by Crippen LogP contribution is 2.09. The molecule has 2 aliphatic rings. The molecule has 0 saturated carbocycles. The molecule has 4 rings (SSSR count). The number of sulfonamides is 1. The van der Waals surface area contributed by atoms with Crippen LogP contribution in [0.1, 0.15) is 50.0 Å². The third-order valence-electron chi connectivity index (χ3n) is 3.93. The fraction of sp³-hybridized carbons (Fsp3) is 0.565. The molecular formula is C23H46N4O3S. The standard InChI is InChI=1S/C9H7N.C4H8N2O.C4H9NO2S.C2H6.4CH4/c1-2-6-9-8(4-1)5-3-7-10-9;1-6-3-2-5-4(6)7;1-5-3-2-4-8(5,6)7;1-2;;;;/h1-7H;2-3H2,1H3,(H,5,7);2-4H2,1H3;1-2H3;4*1H4. The molecule has 0 radical (unpaired) electrons. The number of urea groups is 1. The van der Waals surface area contributed by atoms with Crippen LogP contribution >= 0.6 is 0 Å². The van der Waals surface area contributed by atoms with Crippen LogP contribution in [0.3, 0.4) is 0 Å². The van der Waals surface area contributed by atoms with Crippen molar-refractivity contribution in [3.63, 3.8) is 0 Å². The number of carbonyl (C=O) groups excluding carboxylic acids is 1. The van der Waals surface area contributed by atoms with Crippen molar-refractivity contribution < 1.29 is 13.2 Å². The molecule has 0 unspecified atom stereocenters. The number of rotatable bonds is 0. The maximum atomic E-state index is 10.7. The summed E-state index contributed by atoms with van der Waals surface area (Å²) in [5, 5.41) is 3.86. The predicted molar refractivity (Wildman–Crippen MR) is 137 cm³/mol. The first kappa shape index (κ1) is 36.2. The zero-order chi connectivity index (χ0) is 20.3. The van der Waals surface area contributed by atoms with E-state index in [1.54, 1.807) is 19.0 Å². The molecular weight excluding hydrogens is 412 g/mol. The van der Waals surface area contributed by atoms with E-state index < -0.39 is 10.0 Å². The van der Waals surface area contributed by atoms with Gasteiger partial charge in [0.15, 0.2) is 0 Å². The summed E-state index contributed by atoms with van der Waals surface area (Å²) in [5.74, 6) is 0.337. The maximum absolute atomic E-state index is 10.7. The second-order valence-electron chi connectivity index (χ2n) is 5.84. The molecule has 1 aromatic carbocycles. The minimum absolute atomic E-state index is 0. The van der Waals surface area contributed by atoms with Gasteiger partial charge < -0.3 is 10.2 Å². The van der Waals surface area contributed by atoms with Crippen LogP contribution in [0.15, 0.2) is 42.6 Å². The Kier molecular flexibility index (Phi) is 21.7. The van der Waals surface area contributed by atoms with Crippen LogP contribution < -0.4 is 5.32 Å². The number of pyridine rings is 1. The van der Waals surface area contributed by atoms with Gasteiger partial charge >= 0.3 is 6.03 Å². The second kappa shape index (κ2) is 18.6. The number of carbonyl (C=O) groups is 1. The van der Waals surface area contributed by atoms with Crippen molar-refractivity contribution in [2.24, 2.45) is 0 Å². The van der Waals surface area contributed by atoms with Gasteiger partial charge in [-0.25, -0.2) is 17.5 Å². The largest absolute Gasteiger partial charge is 0.336 e. The molecule has 8 heteroatoms. The molecule has 2 aromatic rings. The van der Waals surface area contributed by atoms with Gasteiger partial charge in [-0.05, 0) is 18.6 Å². The van der Waals surface area contributed by atoms with Gasteiger partial charge in [-0.3, -0.25) is 4.98 Å². The van der Waals surface area contributed by atoms with Crippen LogP contribution in [0, 0.1) is 0 Å². The van der Waals surface area contributed by atoms with E-state index in [1.807, 2.05) is 44.3 Å². The van der Waals surface area contributed by atoms with E-state index in [2.05, 4.69) is 22.4 Å². The number of amides is 2. The summed E-state index contributed by atoms with van der Waals surface area (Å²) in [5.41, 5.74) is 1.06. The number of benzene rings is 1. The number of hydrogen-bond donors (Lipinski definition) is 1. The molecule has 182 valence electrons. The molecule has 0 bridgehead atoms. The maximum Gasteiger partial charge on any atom is 0.317 e. The first-order valence-corrected chi connectivity index (χ1v) is 10.7. The van der Waals surface area contributed by atoms with Crippen molar-refractivity contribution in [1.29, 1.82) is 0 Å². The van der Waals surface area contributed by atoms with Crippen molar-refractivity contribution in [2.45, 2.75) is 50.0 Å². The molecule has 3 heterocycles. The molecule has 0 aliphatic carbocycles. The normalized spacial score (nSPS) is 15.4. The highest BCUT2D eigenvalue weighted by Gasteiger charge is 2.23. The molecule has 31 heavy (non-hydrogen) atoms. The van der Waals surface area contributed by atoms with Crippen LogP contribution in [0.4, 0.5) is 4.79 Å². The Balaban J connectivity index is -0.000000162.